The van der Waals surface area contributed by atoms with Gasteiger partial charge in [0.2, 0.25) is 5.78 Å². The van der Waals surface area contributed by atoms with Crippen LogP contribution in [0.3, 0.4) is 0 Å². The van der Waals surface area contributed by atoms with E-state index in [1.54, 1.807) is 16.9 Å². The molecule has 4 atom stereocenters. The van der Waals surface area contributed by atoms with Gasteiger partial charge in [0.1, 0.15) is 24.0 Å². The summed E-state index contributed by atoms with van der Waals surface area (Å²) in [6.07, 6.45) is 5.31. The van der Waals surface area contributed by atoms with Crippen molar-refractivity contribution in [2.24, 2.45) is 11.8 Å². The number of ketones is 1. The summed E-state index contributed by atoms with van der Waals surface area (Å²) in [7, 11) is 0. The Morgan fingerprint density at radius 2 is 2.07 bits per heavy atom. The molecule has 0 unspecified atom stereocenters. The van der Waals surface area contributed by atoms with Crippen LogP contribution in [0.4, 0.5) is 10.2 Å². The van der Waals surface area contributed by atoms with E-state index in [9.17, 15) is 9.18 Å². The molecule has 6 nitrogen and oxygen atoms in total. The molecular weight excluding hydrogens is 381 g/mol. The molecule has 1 aromatic carbocycles. The second-order valence-corrected chi connectivity index (χ2v) is 7.96. The Balaban J connectivity index is 1.52. The molecule has 4 rings (SSSR count). The number of rotatable bonds is 7. The van der Waals surface area contributed by atoms with Crippen LogP contribution in [0.2, 0.25) is 0 Å². The molecule has 3 aromatic rings. The number of alkyl halides is 1. The van der Waals surface area contributed by atoms with E-state index in [0.29, 0.717) is 29.5 Å². The van der Waals surface area contributed by atoms with E-state index in [-0.39, 0.29) is 17.7 Å². The number of carbonyl (C=O) groups is 1. The first-order valence-electron chi connectivity index (χ1n) is 10.4. The molecule has 1 N–H and O–H groups in total. The van der Waals surface area contributed by atoms with Crippen molar-refractivity contribution < 1.29 is 9.18 Å². The second-order valence-electron chi connectivity index (χ2n) is 7.96. The molecule has 2 aromatic heterocycles. The first-order chi connectivity index (χ1) is 14.6. The highest BCUT2D eigenvalue weighted by atomic mass is 19.1. The van der Waals surface area contributed by atoms with Gasteiger partial charge in [-0.1, -0.05) is 50.6 Å². The van der Waals surface area contributed by atoms with Crippen LogP contribution >= 0.6 is 0 Å². The summed E-state index contributed by atoms with van der Waals surface area (Å²) in [5.74, 6) is 0.400. The molecule has 7 heteroatoms. The van der Waals surface area contributed by atoms with Crippen LogP contribution in [-0.2, 0) is 6.54 Å². The van der Waals surface area contributed by atoms with E-state index in [2.05, 4.69) is 27.3 Å². The van der Waals surface area contributed by atoms with Crippen LogP contribution in [0.25, 0.3) is 0 Å². The molecule has 0 spiro atoms. The first kappa shape index (κ1) is 20.2. The Hall–Kier alpha value is -3.09. The molecule has 0 radical (unpaired) electrons. The van der Waals surface area contributed by atoms with Gasteiger partial charge in [-0.25, -0.2) is 14.4 Å². The molecule has 30 heavy (non-hydrogen) atoms. The fraction of sp³-hybridized carbons (Fsp3) is 0.391. The average molecular weight is 407 g/mol. The van der Waals surface area contributed by atoms with Gasteiger partial charge in [-0.3, -0.25) is 9.48 Å². The predicted molar refractivity (Wildman–Crippen MR) is 113 cm³/mol. The van der Waals surface area contributed by atoms with Crippen molar-refractivity contribution in [3.8, 4) is 0 Å². The van der Waals surface area contributed by atoms with Crippen molar-refractivity contribution in [1.82, 2.24) is 19.7 Å². The van der Waals surface area contributed by atoms with Gasteiger partial charge in [0.15, 0.2) is 0 Å². The lowest BCUT2D eigenvalue weighted by Gasteiger charge is -2.18. The van der Waals surface area contributed by atoms with E-state index in [0.717, 1.165) is 18.4 Å². The summed E-state index contributed by atoms with van der Waals surface area (Å²) in [5.41, 5.74) is 1.72. The van der Waals surface area contributed by atoms with Crippen LogP contribution in [0, 0.1) is 11.8 Å². The summed E-state index contributed by atoms with van der Waals surface area (Å²) >= 11 is 0. The third kappa shape index (κ3) is 4.10. The third-order valence-electron chi connectivity index (χ3n) is 6.05. The van der Waals surface area contributed by atoms with Gasteiger partial charge < -0.3 is 5.32 Å². The van der Waals surface area contributed by atoms with Gasteiger partial charge in [-0.15, -0.1) is 0 Å². The highest BCUT2D eigenvalue weighted by Gasteiger charge is 2.40. The van der Waals surface area contributed by atoms with Crippen LogP contribution in [0.15, 0.2) is 55.1 Å². The summed E-state index contributed by atoms with van der Waals surface area (Å²) in [5, 5.41) is 7.59. The number of nitrogens with zero attached hydrogens (tertiary/aromatic N) is 4. The van der Waals surface area contributed by atoms with Crippen molar-refractivity contribution in [3.05, 3.63) is 71.9 Å². The number of aromatic nitrogens is 4. The Morgan fingerprint density at radius 3 is 2.80 bits per heavy atom. The molecular formula is C23H26FN5O. The summed E-state index contributed by atoms with van der Waals surface area (Å²) in [4.78, 5) is 21.3. The number of halogens is 1. The van der Waals surface area contributed by atoms with Gasteiger partial charge in [-0.05, 0) is 29.9 Å². The SMILES string of the molecule is CC[C@H]1C[C@@H](Nc2ncncc2C(=O)c2ccn(Cc3ccccc3)n2)[C@@H](F)[C@@H]1C. The third-order valence-corrected chi connectivity index (χ3v) is 6.05. The maximum atomic E-state index is 14.8. The van der Waals surface area contributed by atoms with Crippen LogP contribution in [0.1, 0.15) is 48.3 Å². The number of benzene rings is 1. The molecule has 1 aliphatic carbocycles. The number of carbonyl (C=O) groups excluding carboxylic acids is 1. The lowest BCUT2D eigenvalue weighted by Crippen LogP contribution is -2.29. The zero-order chi connectivity index (χ0) is 21.1. The Kier molecular flexibility index (Phi) is 5.88. The highest BCUT2D eigenvalue weighted by molar-refractivity contribution is 6.10. The van der Waals surface area contributed by atoms with E-state index in [4.69, 9.17) is 0 Å². The van der Waals surface area contributed by atoms with Crippen LogP contribution in [-0.4, -0.2) is 37.7 Å². The highest BCUT2D eigenvalue weighted by Crippen LogP contribution is 2.37. The van der Waals surface area contributed by atoms with Crippen molar-refractivity contribution >= 4 is 11.6 Å². The number of hydrogen-bond donors (Lipinski definition) is 1. The zero-order valence-corrected chi connectivity index (χ0v) is 17.2. The predicted octanol–water partition coefficient (Wildman–Crippen LogP) is 4.14. The lowest BCUT2D eigenvalue weighted by atomic mass is 9.95. The summed E-state index contributed by atoms with van der Waals surface area (Å²) in [6, 6.07) is 11.2. The van der Waals surface area contributed by atoms with Gasteiger partial charge >= 0.3 is 0 Å². The molecule has 0 amide bonds. The zero-order valence-electron chi connectivity index (χ0n) is 17.2. The van der Waals surface area contributed by atoms with Crippen LogP contribution in [0.5, 0.6) is 0 Å². The molecule has 1 aliphatic rings. The molecule has 156 valence electrons. The lowest BCUT2D eigenvalue weighted by molar-refractivity contribution is 0.103. The fourth-order valence-corrected chi connectivity index (χ4v) is 4.24. The fourth-order valence-electron chi connectivity index (χ4n) is 4.24. The molecule has 2 heterocycles. The quantitative estimate of drug-likeness (QED) is 0.596. The molecule has 0 saturated heterocycles. The monoisotopic (exact) mass is 407 g/mol. The number of nitrogens with one attached hydrogen (secondary N) is 1. The van der Waals surface area contributed by atoms with Gasteiger partial charge in [0, 0.05) is 12.4 Å². The molecule has 0 aliphatic heterocycles. The Labute approximate surface area is 175 Å². The van der Waals surface area contributed by atoms with Crippen molar-refractivity contribution in [2.75, 3.05) is 5.32 Å². The van der Waals surface area contributed by atoms with Gasteiger partial charge in [0.25, 0.3) is 0 Å². The largest absolute Gasteiger partial charge is 0.364 e. The molecule has 1 fully saturated rings. The smallest absolute Gasteiger partial charge is 0.218 e. The minimum Gasteiger partial charge on any atom is -0.364 e. The summed E-state index contributed by atoms with van der Waals surface area (Å²) in [6.45, 7) is 4.61. The maximum Gasteiger partial charge on any atom is 0.218 e. The second kappa shape index (κ2) is 8.73. The minimum atomic E-state index is -0.974. The maximum absolute atomic E-state index is 14.8. The van der Waals surface area contributed by atoms with Gasteiger partial charge in [-0.2, -0.15) is 5.10 Å². The first-order valence-corrected chi connectivity index (χ1v) is 10.4. The van der Waals surface area contributed by atoms with E-state index in [1.165, 1.54) is 12.5 Å². The Morgan fingerprint density at radius 1 is 1.27 bits per heavy atom. The molecule has 0 bridgehead atoms. The van der Waals surface area contributed by atoms with Crippen molar-refractivity contribution in [2.45, 2.75) is 45.4 Å². The Bertz CT molecular complexity index is 1010. The minimum absolute atomic E-state index is 0.0119. The van der Waals surface area contributed by atoms with Crippen molar-refractivity contribution in [3.63, 3.8) is 0 Å². The van der Waals surface area contributed by atoms with Crippen LogP contribution < -0.4 is 5.32 Å². The molecule has 1 saturated carbocycles. The normalized spacial score (nSPS) is 23.4. The topological polar surface area (TPSA) is 72.7 Å². The number of anilines is 1. The standard InChI is InChI=1S/C23H26FN5O/c1-3-17-11-20(21(24)15(17)2)27-23-18(12-25-14-26-23)22(30)19-9-10-29(28-19)13-16-7-5-4-6-8-16/h4-10,12,14-15,17,20-21H,3,11,13H2,1-2H3,(H,25,26,27)/t15-,17+,20-,21+/m1/s1. The van der Waals surface area contributed by atoms with E-state index in [1.807, 2.05) is 37.3 Å². The summed E-state index contributed by atoms with van der Waals surface area (Å²) < 4.78 is 16.5. The van der Waals surface area contributed by atoms with E-state index >= 15 is 0 Å². The van der Waals surface area contributed by atoms with Crippen molar-refractivity contribution in [1.29, 1.82) is 0 Å². The van der Waals surface area contributed by atoms with Gasteiger partial charge in [0.05, 0.1) is 18.2 Å². The van der Waals surface area contributed by atoms with E-state index < -0.39 is 6.17 Å². The number of hydrogen-bond acceptors (Lipinski definition) is 5. The average Bonchev–Trinajstić information content (AvgIpc) is 3.34.